The average Bonchev–Trinajstić information content (AvgIpc) is 2.69. The van der Waals surface area contributed by atoms with Gasteiger partial charge in [-0.3, -0.25) is 14.6 Å². The van der Waals surface area contributed by atoms with E-state index in [0.29, 0.717) is 22.8 Å². The highest BCUT2D eigenvalue weighted by Crippen LogP contribution is 2.30. The zero-order chi connectivity index (χ0) is 20.3. The van der Waals surface area contributed by atoms with Gasteiger partial charge < -0.3 is 19.3 Å². The van der Waals surface area contributed by atoms with Crippen LogP contribution in [0.3, 0.4) is 0 Å². The molecule has 1 fully saturated rings. The maximum absolute atomic E-state index is 13.4. The predicted octanol–water partition coefficient (Wildman–Crippen LogP) is 2.00. The van der Waals surface area contributed by atoms with Gasteiger partial charge in [-0.05, 0) is 24.6 Å². The lowest BCUT2D eigenvalue weighted by Crippen LogP contribution is -2.58. The summed E-state index contributed by atoms with van der Waals surface area (Å²) >= 11 is 0. The molecule has 148 valence electrons. The number of halogens is 1. The van der Waals surface area contributed by atoms with E-state index < -0.39 is 6.04 Å². The summed E-state index contributed by atoms with van der Waals surface area (Å²) in [5.41, 5.74) is 1.14. The van der Waals surface area contributed by atoms with Crippen LogP contribution in [0.15, 0.2) is 36.5 Å². The van der Waals surface area contributed by atoms with Crippen LogP contribution in [-0.4, -0.2) is 53.4 Å². The third kappa shape index (κ3) is 3.90. The second kappa shape index (κ2) is 8.24. The van der Waals surface area contributed by atoms with Crippen molar-refractivity contribution in [2.75, 3.05) is 20.8 Å². The maximum atomic E-state index is 13.4. The van der Waals surface area contributed by atoms with Crippen molar-refractivity contribution in [2.45, 2.75) is 26.1 Å². The SMILES string of the molecule is COc1ccnc(CN2C(=O)CN(Cc3cccc(F)c3)C(=O)[C@@H]2C)c1OC. The van der Waals surface area contributed by atoms with E-state index in [2.05, 4.69) is 4.98 Å². The Hall–Kier alpha value is -3.16. The van der Waals surface area contributed by atoms with Crippen molar-refractivity contribution in [2.24, 2.45) is 0 Å². The fraction of sp³-hybridized carbons (Fsp3) is 0.350. The van der Waals surface area contributed by atoms with Crippen molar-refractivity contribution < 1.29 is 23.5 Å². The van der Waals surface area contributed by atoms with Crippen LogP contribution in [0.1, 0.15) is 18.2 Å². The number of carbonyl (C=O) groups is 2. The van der Waals surface area contributed by atoms with E-state index in [-0.39, 0.29) is 37.3 Å². The molecule has 0 aliphatic carbocycles. The largest absolute Gasteiger partial charge is 0.493 e. The van der Waals surface area contributed by atoms with Crippen LogP contribution in [0.2, 0.25) is 0 Å². The number of carbonyl (C=O) groups excluding carboxylic acids is 2. The van der Waals surface area contributed by atoms with Gasteiger partial charge in [-0.2, -0.15) is 0 Å². The topological polar surface area (TPSA) is 72.0 Å². The van der Waals surface area contributed by atoms with Gasteiger partial charge in [0.15, 0.2) is 11.5 Å². The molecule has 0 bridgehead atoms. The monoisotopic (exact) mass is 387 g/mol. The molecule has 28 heavy (non-hydrogen) atoms. The lowest BCUT2D eigenvalue weighted by molar-refractivity contribution is -0.156. The fourth-order valence-electron chi connectivity index (χ4n) is 3.28. The molecule has 7 nitrogen and oxygen atoms in total. The standard InChI is InChI=1S/C20H22FN3O4/c1-13-20(26)23(10-14-5-4-6-15(21)9-14)12-18(25)24(13)11-16-19(28-3)17(27-2)7-8-22-16/h4-9,13H,10-12H2,1-3H3/t13-/m0/s1. The van der Waals surface area contributed by atoms with Crippen LogP contribution >= 0.6 is 0 Å². The molecule has 1 aliphatic heterocycles. The van der Waals surface area contributed by atoms with Gasteiger partial charge in [0.05, 0.1) is 20.8 Å². The lowest BCUT2D eigenvalue weighted by Gasteiger charge is -2.38. The summed E-state index contributed by atoms with van der Waals surface area (Å²) in [5, 5.41) is 0. The number of benzene rings is 1. The van der Waals surface area contributed by atoms with Crippen LogP contribution in [0.5, 0.6) is 11.5 Å². The number of rotatable bonds is 6. The molecule has 1 aliphatic rings. The summed E-state index contributed by atoms with van der Waals surface area (Å²) in [6.07, 6.45) is 1.56. The zero-order valence-electron chi connectivity index (χ0n) is 16.0. The van der Waals surface area contributed by atoms with Crippen molar-refractivity contribution in [1.29, 1.82) is 0 Å². The van der Waals surface area contributed by atoms with Crippen molar-refractivity contribution in [3.63, 3.8) is 0 Å². The first-order valence-corrected chi connectivity index (χ1v) is 8.83. The number of ether oxygens (including phenoxy) is 2. The van der Waals surface area contributed by atoms with Gasteiger partial charge in [-0.15, -0.1) is 0 Å². The lowest BCUT2D eigenvalue weighted by atomic mass is 10.1. The Labute approximate surface area is 162 Å². The number of hydrogen-bond donors (Lipinski definition) is 0. The van der Waals surface area contributed by atoms with Gasteiger partial charge in [0.1, 0.15) is 24.1 Å². The Balaban J connectivity index is 1.78. The Morgan fingerprint density at radius 3 is 2.64 bits per heavy atom. The summed E-state index contributed by atoms with van der Waals surface area (Å²) in [7, 11) is 3.01. The summed E-state index contributed by atoms with van der Waals surface area (Å²) in [6.45, 7) is 1.90. The van der Waals surface area contributed by atoms with E-state index in [1.165, 1.54) is 36.2 Å². The number of methoxy groups -OCH3 is 2. The summed E-state index contributed by atoms with van der Waals surface area (Å²) in [4.78, 5) is 32.7. The van der Waals surface area contributed by atoms with Gasteiger partial charge >= 0.3 is 0 Å². The van der Waals surface area contributed by atoms with Gasteiger partial charge in [0.2, 0.25) is 11.8 Å². The molecule has 1 aromatic heterocycles. The highest BCUT2D eigenvalue weighted by molar-refractivity contribution is 5.94. The number of piperazine rings is 1. The molecule has 2 aromatic rings. The Kier molecular flexibility index (Phi) is 5.77. The first-order chi connectivity index (χ1) is 13.4. The molecular weight excluding hydrogens is 365 g/mol. The predicted molar refractivity (Wildman–Crippen MR) is 99.2 cm³/mol. The van der Waals surface area contributed by atoms with E-state index in [1.807, 2.05) is 0 Å². The summed E-state index contributed by atoms with van der Waals surface area (Å²) in [6, 6.07) is 6.99. The van der Waals surface area contributed by atoms with Crippen LogP contribution in [0.25, 0.3) is 0 Å². The van der Waals surface area contributed by atoms with E-state index >= 15 is 0 Å². The van der Waals surface area contributed by atoms with E-state index in [0.717, 1.165) is 0 Å². The molecule has 0 saturated carbocycles. The quantitative estimate of drug-likeness (QED) is 0.758. The van der Waals surface area contributed by atoms with Crippen LogP contribution < -0.4 is 9.47 Å². The van der Waals surface area contributed by atoms with Gasteiger partial charge in [0, 0.05) is 18.8 Å². The summed E-state index contributed by atoms with van der Waals surface area (Å²) < 4.78 is 24.0. The molecule has 0 unspecified atom stereocenters. The first kappa shape index (κ1) is 19.6. The Morgan fingerprint density at radius 2 is 1.96 bits per heavy atom. The number of amides is 2. The van der Waals surface area contributed by atoms with E-state index in [4.69, 9.17) is 9.47 Å². The normalized spacial score (nSPS) is 17.1. The minimum absolute atomic E-state index is 0.0774. The molecule has 0 N–H and O–H groups in total. The zero-order valence-corrected chi connectivity index (χ0v) is 16.0. The highest BCUT2D eigenvalue weighted by atomic mass is 19.1. The Morgan fingerprint density at radius 1 is 1.18 bits per heavy atom. The molecule has 2 amide bonds. The number of nitrogens with zero attached hydrogens (tertiary/aromatic N) is 3. The minimum atomic E-state index is -0.674. The first-order valence-electron chi connectivity index (χ1n) is 8.83. The minimum Gasteiger partial charge on any atom is -0.493 e. The molecule has 1 saturated heterocycles. The second-order valence-electron chi connectivity index (χ2n) is 6.51. The molecule has 2 heterocycles. The third-order valence-corrected chi connectivity index (χ3v) is 4.73. The van der Waals surface area contributed by atoms with Gasteiger partial charge in [-0.25, -0.2) is 4.39 Å². The van der Waals surface area contributed by atoms with Crippen molar-refractivity contribution in [3.05, 3.63) is 53.6 Å². The second-order valence-corrected chi connectivity index (χ2v) is 6.51. The van der Waals surface area contributed by atoms with E-state index in [1.54, 1.807) is 31.3 Å². The molecule has 8 heteroatoms. The number of aromatic nitrogens is 1. The fourth-order valence-corrected chi connectivity index (χ4v) is 3.28. The van der Waals surface area contributed by atoms with Crippen LogP contribution in [0.4, 0.5) is 4.39 Å². The van der Waals surface area contributed by atoms with E-state index in [9.17, 15) is 14.0 Å². The molecule has 1 aromatic carbocycles. The van der Waals surface area contributed by atoms with Crippen molar-refractivity contribution in [1.82, 2.24) is 14.8 Å². The molecule has 1 atom stereocenters. The molecular formula is C20H22FN3O4. The summed E-state index contributed by atoms with van der Waals surface area (Å²) in [5.74, 6) is 0.142. The van der Waals surface area contributed by atoms with Crippen LogP contribution in [0, 0.1) is 5.82 Å². The maximum Gasteiger partial charge on any atom is 0.245 e. The molecule has 0 radical (unpaired) electrons. The highest BCUT2D eigenvalue weighted by Gasteiger charge is 2.37. The van der Waals surface area contributed by atoms with Crippen molar-refractivity contribution in [3.8, 4) is 11.5 Å². The van der Waals surface area contributed by atoms with Crippen molar-refractivity contribution >= 4 is 11.8 Å². The van der Waals surface area contributed by atoms with Gasteiger partial charge in [-0.1, -0.05) is 12.1 Å². The molecule has 0 spiro atoms. The average molecular weight is 387 g/mol. The Bertz CT molecular complexity index is 890. The number of pyridine rings is 1. The molecule has 3 rings (SSSR count). The smallest absolute Gasteiger partial charge is 0.245 e. The third-order valence-electron chi connectivity index (χ3n) is 4.73. The van der Waals surface area contributed by atoms with Gasteiger partial charge in [0.25, 0.3) is 0 Å². The van der Waals surface area contributed by atoms with Crippen LogP contribution in [-0.2, 0) is 22.7 Å². The number of hydrogen-bond acceptors (Lipinski definition) is 5.